The van der Waals surface area contributed by atoms with Gasteiger partial charge in [-0.2, -0.15) is 0 Å². The lowest BCUT2D eigenvalue weighted by Gasteiger charge is -2.55. The monoisotopic (exact) mass is 399 g/mol. The Labute approximate surface area is 172 Å². The molecular formula is C22H29N3O2S. The van der Waals surface area contributed by atoms with Crippen LogP contribution in [-0.4, -0.2) is 16.9 Å². The summed E-state index contributed by atoms with van der Waals surface area (Å²) in [5, 5.41) is 9.36. The third kappa shape index (κ3) is 3.66. The van der Waals surface area contributed by atoms with Gasteiger partial charge in [-0.1, -0.05) is 13.0 Å². The SMILES string of the molecule is CCC(=O)Nc1cccc(NC(=S)NC(=O)C23CC4CC(CC(C4)C2)C3)c1C. The number of hydrogen-bond acceptors (Lipinski definition) is 3. The molecule has 4 saturated carbocycles. The van der Waals surface area contributed by atoms with Crippen LogP contribution in [0.5, 0.6) is 0 Å². The summed E-state index contributed by atoms with van der Waals surface area (Å²) in [6.45, 7) is 3.75. The van der Waals surface area contributed by atoms with Gasteiger partial charge in [0.1, 0.15) is 0 Å². The molecule has 0 aliphatic heterocycles. The van der Waals surface area contributed by atoms with Crippen molar-refractivity contribution in [1.29, 1.82) is 0 Å². The molecule has 3 N–H and O–H groups in total. The number of carbonyl (C=O) groups is 2. The highest BCUT2D eigenvalue weighted by Crippen LogP contribution is 2.60. The number of benzene rings is 1. The minimum Gasteiger partial charge on any atom is -0.332 e. The molecule has 6 heteroatoms. The first-order chi connectivity index (χ1) is 13.4. The molecule has 0 spiro atoms. The minimum atomic E-state index is -0.216. The Balaban J connectivity index is 1.42. The van der Waals surface area contributed by atoms with Crippen molar-refractivity contribution in [1.82, 2.24) is 5.32 Å². The van der Waals surface area contributed by atoms with E-state index in [2.05, 4.69) is 16.0 Å². The van der Waals surface area contributed by atoms with E-state index in [0.717, 1.165) is 54.0 Å². The molecule has 5 rings (SSSR count). The first kappa shape index (κ1) is 19.4. The predicted octanol–water partition coefficient (Wildman–Crippen LogP) is 4.37. The van der Waals surface area contributed by atoms with Gasteiger partial charge < -0.3 is 16.0 Å². The van der Waals surface area contributed by atoms with Gasteiger partial charge >= 0.3 is 0 Å². The fourth-order valence-electron chi connectivity index (χ4n) is 5.92. The van der Waals surface area contributed by atoms with Crippen molar-refractivity contribution in [3.05, 3.63) is 23.8 Å². The molecule has 0 heterocycles. The highest BCUT2D eigenvalue weighted by molar-refractivity contribution is 7.80. The number of carbonyl (C=O) groups excluding carboxylic acids is 2. The van der Waals surface area contributed by atoms with Gasteiger partial charge in [0.2, 0.25) is 11.8 Å². The van der Waals surface area contributed by atoms with Crippen molar-refractivity contribution in [2.75, 3.05) is 10.6 Å². The lowest BCUT2D eigenvalue weighted by Crippen LogP contribution is -2.55. The van der Waals surface area contributed by atoms with Crippen molar-refractivity contribution in [2.45, 2.75) is 58.8 Å². The van der Waals surface area contributed by atoms with Gasteiger partial charge in [0.05, 0.1) is 5.41 Å². The second-order valence-corrected chi connectivity index (χ2v) is 9.39. The molecule has 1 aromatic carbocycles. The lowest BCUT2D eigenvalue weighted by molar-refractivity contribution is -0.144. The molecule has 150 valence electrons. The summed E-state index contributed by atoms with van der Waals surface area (Å²) in [7, 11) is 0. The van der Waals surface area contributed by atoms with Gasteiger partial charge in [-0.05, 0) is 93.1 Å². The maximum atomic E-state index is 13.1. The van der Waals surface area contributed by atoms with Crippen LogP contribution in [0.3, 0.4) is 0 Å². The second kappa shape index (κ2) is 7.47. The van der Waals surface area contributed by atoms with Crippen molar-refractivity contribution >= 4 is 40.5 Å². The van der Waals surface area contributed by atoms with Crippen LogP contribution in [0.4, 0.5) is 11.4 Å². The quantitative estimate of drug-likeness (QED) is 0.658. The van der Waals surface area contributed by atoms with E-state index in [1.807, 2.05) is 32.0 Å². The molecule has 1 aromatic rings. The summed E-state index contributed by atoms with van der Waals surface area (Å²) in [4.78, 5) is 24.8. The molecule has 4 aliphatic rings. The van der Waals surface area contributed by atoms with E-state index >= 15 is 0 Å². The first-order valence-electron chi connectivity index (χ1n) is 10.4. The lowest BCUT2D eigenvalue weighted by atomic mass is 9.49. The van der Waals surface area contributed by atoms with Crippen LogP contribution >= 0.6 is 12.2 Å². The van der Waals surface area contributed by atoms with Crippen LogP contribution in [0.25, 0.3) is 0 Å². The second-order valence-electron chi connectivity index (χ2n) is 8.99. The Morgan fingerprint density at radius 3 is 2.11 bits per heavy atom. The summed E-state index contributed by atoms with van der Waals surface area (Å²) in [6, 6.07) is 5.63. The van der Waals surface area contributed by atoms with E-state index in [4.69, 9.17) is 12.2 Å². The average molecular weight is 400 g/mol. The molecule has 0 atom stereocenters. The van der Waals surface area contributed by atoms with E-state index in [0.29, 0.717) is 11.5 Å². The van der Waals surface area contributed by atoms with Crippen molar-refractivity contribution in [3.63, 3.8) is 0 Å². The van der Waals surface area contributed by atoms with Gasteiger partial charge in [-0.25, -0.2) is 0 Å². The number of anilines is 2. The Morgan fingerprint density at radius 1 is 1.04 bits per heavy atom. The van der Waals surface area contributed by atoms with E-state index in [1.54, 1.807) is 0 Å². The summed E-state index contributed by atoms with van der Waals surface area (Å²) >= 11 is 5.45. The topological polar surface area (TPSA) is 70.2 Å². The van der Waals surface area contributed by atoms with Crippen LogP contribution in [-0.2, 0) is 9.59 Å². The van der Waals surface area contributed by atoms with E-state index in [1.165, 1.54) is 19.3 Å². The summed E-state index contributed by atoms with van der Waals surface area (Å²) in [5.74, 6) is 2.23. The van der Waals surface area contributed by atoms with Crippen LogP contribution in [0.2, 0.25) is 0 Å². The van der Waals surface area contributed by atoms with Crippen molar-refractivity contribution < 1.29 is 9.59 Å². The number of thiocarbonyl (C=S) groups is 1. The average Bonchev–Trinajstić information content (AvgIpc) is 2.63. The zero-order valence-electron chi connectivity index (χ0n) is 16.6. The standard InChI is InChI=1S/C22H29N3O2S/c1-3-19(26)23-17-5-4-6-18(13(17)2)24-21(28)25-20(27)22-10-14-7-15(11-22)9-16(8-14)12-22/h4-6,14-16H,3,7-12H2,1-2H3,(H,23,26)(H2,24,25,27,28). The highest BCUT2D eigenvalue weighted by Gasteiger charge is 2.54. The summed E-state index contributed by atoms with van der Waals surface area (Å²) in [6.07, 6.45) is 7.41. The van der Waals surface area contributed by atoms with Crippen molar-refractivity contribution in [2.24, 2.45) is 23.2 Å². The number of hydrogen-bond donors (Lipinski definition) is 3. The Kier molecular flexibility index (Phi) is 5.17. The van der Waals surface area contributed by atoms with Crippen LogP contribution in [0.1, 0.15) is 57.4 Å². The van der Waals surface area contributed by atoms with Crippen LogP contribution in [0.15, 0.2) is 18.2 Å². The molecule has 0 saturated heterocycles. The smallest absolute Gasteiger partial charge is 0.232 e. The van der Waals surface area contributed by atoms with Crippen molar-refractivity contribution in [3.8, 4) is 0 Å². The highest BCUT2D eigenvalue weighted by atomic mass is 32.1. The van der Waals surface area contributed by atoms with E-state index in [-0.39, 0.29) is 17.2 Å². The van der Waals surface area contributed by atoms with Gasteiger partial charge in [0.15, 0.2) is 5.11 Å². The summed E-state index contributed by atoms with van der Waals surface area (Å²) in [5.41, 5.74) is 2.24. The fraction of sp³-hybridized carbons (Fsp3) is 0.591. The van der Waals surface area contributed by atoms with Crippen LogP contribution < -0.4 is 16.0 Å². The third-order valence-electron chi connectivity index (χ3n) is 6.92. The fourth-order valence-corrected chi connectivity index (χ4v) is 6.13. The first-order valence-corrected chi connectivity index (χ1v) is 10.8. The zero-order valence-corrected chi connectivity index (χ0v) is 17.5. The van der Waals surface area contributed by atoms with Gasteiger partial charge in [0.25, 0.3) is 0 Å². The van der Waals surface area contributed by atoms with Gasteiger partial charge in [-0.3, -0.25) is 9.59 Å². The number of nitrogens with one attached hydrogen (secondary N) is 3. The predicted molar refractivity (Wildman–Crippen MR) is 115 cm³/mol. The molecule has 0 radical (unpaired) electrons. The Hall–Kier alpha value is -1.95. The van der Waals surface area contributed by atoms with Gasteiger partial charge in [0, 0.05) is 17.8 Å². The largest absolute Gasteiger partial charge is 0.332 e. The van der Waals surface area contributed by atoms with E-state index in [9.17, 15) is 9.59 Å². The maximum Gasteiger partial charge on any atom is 0.232 e. The molecule has 0 unspecified atom stereocenters. The van der Waals surface area contributed by atoms with Crippen LogP contribution in [0, 0.1) is 30.1 Å². The zero-order chi connectivity index (χ0) is 19.9. The Bertz CT molecular complexity index is 785. The molecule has 4 bridgehead atoms. The molecular weight excluding hydrogens is 370 g/mol. The van der Waals surface area contributed by atoms with E-state index < -0.39 is 0 Å². The number of amides is 2. The molecule has 28 heavy (non-hydrogen) atoms. The van der Waals surface area contributed by atoms with Gasteiger partial charge in [-0.15, -0.1) is 0 Å². The molecule has 5 nitrogen and oxygen atoms in total. The molecule has 4 aliphatic carbocycles. The molecule has 0 aromatic heterocycles. The minimum absolute atomic E-state index is 0.0297. The third-order valence-corrected chi connectivity index (χ3v) is 7.13. The molecule has 2 amide bonds. The number of rotatable bonds is 4. The maximum absolute atomic E-state index is 13.1. The molecule has 4 fully saturated rings. The normalized spacial score (nSPS) is 30.0. The Morgan fingerprint density at radius 2 is 1.57 bits per heavy atom. The summed E-state index contributed by atoms with van der Waals surface area (Å²) < 4.78 is 0.